The molecule has 1 unspecified atom stereocenters. The normalized spacial score (nSPS) is 17.2. The molecule has 1 aromatic carbocycles. The van der Waals surface area contributed by atoms with Crippen LogP contribution in [-0.2, 0) is 11.3 Å². The van der Waals surface area contributed by atoms with Gasteiger partial charge < -0.3 is 19.3 Å². The average molecular weight is 337 g/mol. The van der Waals surface area contributed by atoms with Gasteiger partial charge in [0.2, 0.25) is 0 Å². The molecule has 122 valence electrons. The summed E-state index contributed by atoms with van der Waals surface area (Å²) in [6.07, 6.45) is 0.968. The van der Waals surface area contributed by atoms with E-state index >= 15 is 0 Å². The zero-order chi connectivity index (χ0) is 16.1. The van der Waals surface area contributed by atoms with Crippen LogP contribution in [0.3, 0.4) is 0 Å². The van der Waals surface area contributed by atoms with Crippen molar-refractivity contribution >= 4 is 17.5 Å². The number of carbonyl (C=O) groups excluding carboxylic acids is 1. The number of amides is 1. The molecule has 0 bridgehead atoms. The van der Waals surface area contributed by atoms with Crippen molar-refractivity contribution in [2.75, 3.05) is 19.8 Å². The van der Waals surface area contributed by atoms with E-state index < -0.39 is 0 Å². The lowest BCUT2D eigenvalue weighted by Gasteiger charge is -2.07. The Morgan fingerprint density at radius 3 is 3.09 bits per heavy atom. The molecular weight excluding hydrogens is 320 g/mol. The first-order valence-electron chi connectivity index (χ1n) is 7.41. The molecule has 23 heavy (non-hydrogen) atoms. The number of halogens is 1. The number of nitrogens with zero attached hydrogens (tertiary/aromatic N) is 1. The molecule has 1 N–H and O–H groups in total. The number of hydrogen-bond donors (Lipinski definition) is 1. The van der Waals surface area contributed by atoms with E-state index in [2.05, 4.69) is 10.5 Å². The zero-order valence-corrected chi connectivity index (χ0v) is 13.2. The van der Waals surface area contributed by atoms with E-state index in [0.717, 1.165) is 13.0 Å². The highest BCUT2D eigenvalue weighted by atomic mass is 35.5. The molecule has 1 fully saturated rings. The van der Waals surface area contributed by atoms with Gasteiger partial charge in [-0.3, -0.25) is 4.79 Å². The summed E-state index contributed by atoms with van der Waals surface area (Å²) in [6.45, 7) is 2.18. The molecule has 6 nitrogen and oxygen atoms in total. The maximum Gasteiger partial charge on any atom is 0.273 e. The molecular formula is C16H17ClN2O4. The van der Waals surface area contributed by atoms with Gasteiger partial charge in [0, 0.05) is 25.1 Å². The van der Waals surface area contributed by atoms with Gasteiger partial charge in [0.1, 0.15) is 12.4 Å². The van der Waals surface area contributed by atoms with Gasteiger partial charge in [-0.2, -0.15) is 0 Å². The monoisotopic (exact) mass is 336 g/mol. The summed E-state index contributed by atoms with van der Waals surface area (Å²) < 4.78 is 15.9. The van der Waals surface area contributed by atoms with E-state index in [1.165, 1.54) is 0 Å². The van der Waals surface area contributed by atoms with Gasteiger partial charge in [-0.15, -0.1) is 0 Å². The van der Waals surface area contributed by atoms with E-state index in [9.17, 15) is 4.79 Å². The van der Waals surface area contributed by atoms with Gasteiger partial charge in [-0.25, -0.2) is 0 Å². The fourth-order valence-corrected chi connectivity index (χ4v) is 2.46. The van der Waals surface area contributed by atoms with Crippen LogP contribution < -0.4 is 10.1 Å². The Kier molecular flexibility index (Phi) is 5.15. The molecule has 0 radical (unpaired) electrons. The van der Waals surface area contributed by atoms with E-state index in [0.29, 0.717) is 35.6 Å². The van der Waals surface area contributed by atoms with Crippen LogP contribution in [0.25, 0.3) is 0 Å². The number of benzene rings is 1. The lowest BCUT2D eigenvalue weighted by molar-refractivity contribution is 0.0935. The Labute approximate surface area is 138 Å². The second kappa shape index (κ2) is 7.48. The van der Waals surface area contributed by atoms with Gasteiger partial charge >= 0.3 is 0 Å². The van der Waals surface area contributed by atoms with E-state index in [4.69, 9.17) is 25.6 Å². The summed E-state index contributed by atoms with van der Waals surface area (Å²) in [7, 11) is 0. The van der Waals surface area contributed by atoms with Crippen molar-refractivity contribution in [3.63, 3.8) is 0 Å². The third-order valence-corrected chi connectivity index (χ3v) is 3.89. The summed E-state index contributed by atoms with van der Waals surface area (Å²) in [5, 5.41) is 7.12. The van der Waals surface area contributed by atoms with Gasteiger partial charge in [-0.05, 0) is 18.6 Å². The van der Waals surface area contributed by atoms with Crippen molar-refractivity contribution in [2.45, 2.75) is 13.0 Å². The number of rotatable bonds is 6. The third kappa shape index (κ3) is 4.24. The summed E-state index contributed by atoms with van der Waals surface area (Å²) in [5.41, 5.74) is 0.238. The van der Waals surface area contributed by atoms with E-state index in [-0.39, 0.29) is 18.2 Å². The van der Waals surface area contributed by atoms with Crippen LogP contribution >= 0.6 is 11.6 Å². The molecule has 0 saturated carbocycles. The average Bonchev–Trinajstić information content (AvgIpc) is 3.23. The zero-order valence-electron chi connectivity index (χ0n) is 12.5. The molecule has 0 spiro atoms. The van der Waals surface area contributed by atoms with Gasteiger partial charge in [-0.1, -0.05) is 28.9 Å². The van der Waals surface area contributed by atoms with Crippen LogP contribution in [-0.4, -0.2) is 30.8 Å². The SMILES string of the molecule is O=C(NCC1CCOC1)c1cc(COc2ccccc2Cl)on1. The summed E-state index contributed by atoms with van der Waals surface area (Å²) >= 11 is 6.00. The fraction of sp³-hybridized carbons (Fsp3) is 0.375. The first kappa shape index (κ1) is 15.8. The van der Waals surface area contributed by atoms with Crippen LogP contribution in [0.1, 0.15) is 22.7 Å². The minimum Gasteiger partial charge on any atom is -0.484 e. The topological polar surface area (TPSA) is 73.6 Å². The molecule has 2 heterocycles. The number of carbonyl (C=O) groups is 1. The molecule has 1 amide bonds. The highest BCUT2D eigenvalue weighted by molar-refractivity contribution is 6.32. The van der Waals surface area contributed by atoms with Crippen LogP contribution in [0.15, 0.2) is 34.9 Å². The van der Waals surface area contributed by atoms with E-state index in [1.807, 2.05) is 12.1 Å². The van der Waals surface area contributed by atoms with Crippen LogP contribution in [0, 0.1) is 5.92 Å². The van der Waals surface area contributed by atoms with Gasteiger partial charge in [0.15, 0.2) is 11.5 Å². The molecule has 1 aliphatic heterocycles. The standard InChI is InChI=1S/C16H17ClN2O4/c17-13-3-1-2-4-15(13)22-10-12-7-14(19-23-12)16(20)18-8-11-5-6-21-9-11/h1-4,7,11H,5-6,8-10H2,(H,18,20). The number of ether oxygens (including phenoxy) is 2. The number of nitrogens with one attached hydrogen (secondary N) is 1. The second-order valence-electron chi connectivity index (χ2n) is 5.34. The highest BCUT2D eigenvalue weighted by Crippen LogP contribution is 2.24. The lowest BCUT2D eigenvalue weighted by Crippen LogP contribution is -2.29. The first-order chi connectivity index (χ1) is 11.2. The molecule has 1 aliphatic rings. The fourth-order valence-electron chi connectivity index (χ4n) is 2.27. The maximum atomic E-state index is 12.0. The smallest absolute Gasteiger partial charge is 0.273 e. The lowest BCUT2D eigenvalue weighted by atomic mass is 10.1. The third-order valence-electron chi connectivity index (χ3n) is 3.57. The largest absolute Gasteiger partial charge is 0.484 e. The van der Waals surface area contributed by atoms with Crippen molar-refractivity contribution < 1.29 is 18.8 Å². The molecule has 2 aromatic rings. The quantitative estimate of drug-likeness (QED) is 0.878. The Hall–Kier alpha value is -2.05. The molecule has 1 saturated heterocycles. The highest BCUT2D eigenvalue weighted by Gasteiger charge is 2.18. The van der Waals surface area contributed by atoms with Crippen molar-refractivity contribution in [1.29, 1.82) is 0 Å². The minimum atomic E-state index is -0.260. The van der Waals surface area contributed by atoms with Gasteiger partial charge in [0.05, 0.1) is 11.6 Å². The minimum absolute atomic E-state index is 0.153. The Balaban J connectivity index is 1.51. The number of para-hydroxylation sites is 1. The molecule has 3 rings (SSSR count). The Morgan fingerprint density at radius 2 is 2.30 bits per heavy atom. The number of hydrogen-bond acceptors (Lipinski definition) is 5. The van der Waals surface area contributed by atoms with Crippen LogP contribution in [0.2, 0.25) is 5.02 Å². The predicted octanol–water partition coefficient (Wildman–Crippen LogP) is 2.67. The second-order valence-corrected chi connectivity index (χ2v) is 5.74. The predicted molar refractivity (Wildman–Crippen MR) is 83.5 cm³/mol. The number of aromatic nitrogens is 1. The molecule has 1 atom stereocenters. The van der Waals surface area contributed by atoms with Crippen LogP contribution in [0.4, 0.5) is 0 Å². The summed E-state index contributed by atoms with van der Waals surface area (Å²) in [6, 6.07) is 8.71. The van der Waals surface area contributed by atoms with Crippen molar-refractivity contribution in [3.05, 3.63) is 46.8 Å². The Morgan fingerprint density at radius 1 is 1.43 bits per heavy atom. The van der Waals surface area contributed by atoms with Gasteiger partial charge in [0.25, 0.3) is 5.91 Å². The molecule has 1 aromatic heterocycles. The summed E-state index contributed by atoms with van der Waals surface area (Å²) in [5.74, 6) is 1.12. The van der Waals surface area contributed by atoms with Crippen LogP contribution in [0.5, 0.6) is 5.75 Å². The van der Waals surface area contributed by atoms with Crippen molar-refractivity contribution in [1.82, 2.24) is 10.5 Å². The molecule has 0 aliphatic carbocycles. The molecule has 7 heteroatoms. The Bertz CT molecular complexity index is 668. The maximum absolute atomic E-state index is 12.0. The first-order valence-corrected chi connectivity index (χ1v) is 7.79. The van der Waals surface area contributed by atoms with E-state index in [1.54, 1.807) is 18.2 Å². The van der Waals surface area contributed by atoms with Crippen molar-refractivity contribution in [3.8, 4) is 5.75 Å². The summed E-state index contributed by atoms with van der Waals surface area (Å²) in [4.78, 5) is 12.0. The van der Waals surface area contributed by atoms with Crippen molar-refractivity contribution in [2.24, 2.45) is 5.92 Å².